The third kappa shape index (κ3) is 3.61. The van der Waals surface area contributed by atoms with Crippen LogP contribution < -0.4 is 9.80 Å². The molecule has 1 amide bonds. The maximum absolute atomic E-state index is 14.1. The van der Waals surface area contributed by atoms with Crippen LogP contribution in [0.4, 0.5) is 22.7 Å². The summed E-state index contributed by atoms with van der Waals surface area (Å²) in [5.74, 6) is -0.261. The molecule has 0 unspecified atom stereocenters. The second kappa shape index (κ2) is 8.29. The van der Waals surface area contributed by atoms with E-state index in [0.717, 1.165) is 53.0 Å². The molecule has 1 saturated heterocycles. The number of nitro benzene ring substituents is 1. The molecular formula is C24H22N4O3S. The largest absolute Gasteiger partial charge is 0.368 e. The molecule has 162 valence electrons. The second-order valence-corrected chi connectivity index (χ2v) is 9.01. The zero-order chi connectivity index (χ0) is 22.2. The Kier molecular flexibility index (Phi) is 5.32. The topological polar surface area (TPSA) is 69.9 Å². The van der Waals surface area contributed by atoms with E-state index in [4.69, 9.17) is 0 Å². The zero-order valence-corrected chi connectivity index (χ0v) is 18.4. The number of anilines is 3. The first-order valence-corrected chi connectivity index (χ1v) is 11.3. The first-order chi connectivity index (χ1) is 15.5. The number of carbonyl (C=O) groups is 1. The summed E-state index contributed by atoms with van der Waals surface area (Å²) in [5.41, 5.74) is 2.58. The minimum absolute atomic E-state index is 0.0841. The average molecular weight is 447 g/mol. The second-order valence-electron chi connectivity index (χ2n) is 7.93. The highest BCUT2D eigenvalue weighted by atomic mass is 32.2. The summed E-state index contributed by atoms with van der Waals surface area (Å²) in [6.07, 6.45) is 0. The first kappa shape index (κ1) is 20.5. The molecule has 3 aromatic carbocycles. The van der Waals surface area contributed by atoms with Crippen molar-refractivity contribution in [3.05, 3.63) is 82.4 Å². The van der Waals surface area contributed by atoms with Crippen LogP contribution in [0.25, 0.3) is 0 Å². The van der Waals surface area contributed by atoms with Crippen molar-refractivity contribution < 1.29 is 9.72 Å². The van der Waals surface area contributed by atoms with Crippen LogP contribution in [0.2, 0.25) is 0 Å². The van der Waals surface area contributed by atoms with Crippen LogP contribution in [-0.4, -0.2) is 49.0 Å². The summed E-state index contributed by atoms with van der Waals surface area (Å²) >= 11 is 1.62. The monoisotopic (exact) mass is 446 g/mol. The standard InChI is InChI=1S/C24H22N4O3S/c1-25-12-14-26(15-13-25)19-11-10-17(28(30)31)16-18(19)24(29)27-20-6-2-4-8-22(20)32-23-9-5-3-7-21(23)27/h2-11,16H,12-15H2,1H3. The van der Waals surface area contributed by atoms with E-state index in [1.54, 1.807) is 22.7 Å². The van der Waals surface area contributed by atoms with E-state index in [2.05, 4.69) is 16.8 Å². The van der Waals surface area contributed by atoms with Gasteiger partial charge in [-0.1, -0.05) is 36.0 Å². The van der Waals surface area contributed by atoms with Crippen LogP contribution in [-0.2, 0) is 0 Å². The highest BCUT2D eigenvalue weighted by Gasteiger charge is 2.32. The summed E-state index contributed by atoms with van der Waals surface area (Å²) in [7, 11) is 2.07. The lowest BCUT2D eigenvalue weighted by Gasteiger charge is -2.36. The summed E-state index contributed by atoms with van der Waals surface area (Å²) in [4.78, 5) is 33.2. The summed E-state index contributed by atoms with van der Waals surface area (Å²) in [6, 6.07) is 20.2. The van der Waals surface area contributed by atoms with Gasteiger partial charge in [0.2, 0.25) is 0 Å². The van der Waals surface area contributed by atoms with Crippen molar-refractivity contribution in [1.82, 2.24) is 4.90 Å². The Hall–Kier alpha value is -3.36. The van der Waals surface area contributed by atoms with E-state index in [1.807, 2.05) is 48.5 Å². The predicted octanol–water partition coefficient (Wildman–Crippen LogP) is 4.79. The van der Waals surface area contributed by atoms with Crippen LogP contribution in [0.5, 0.6) is 0 Å². The van der Waals surface area contributed by atoms with E-state index >= 15 is 0 Å². The highest BCUT2D eigenvalue weighted by molar-refractivity contribution is 7.99. The third-order valence-corrected chi connectivity index (χ3v) is 7.03. The minimum Gasteiger partial charge on any atom is -0.368 e. The quantitative estimate of drug-likeness (QED) is 0.426. The molecule has 7 nitrogen and oxygen atoms in total. The number of hydrogen-bond donors (Lipinski definition) is 0. The lowest BCUT2D eigenvalue weighted by atomic mass is 10.1. The molecule has 2 aliphatic heterocycles. The number of non-ortho nitro benzene ring substituents is 1. The fourth-order valence-electron chi connectivity index (χ4n) is 4.18. The van der Waals surface area contributed by atoms with E-state index < -0.39 is 4.92 Å². The maximum atomic E-state index is 14.1. The highest BCUT2D eigenvalue weighted by Crippen LogP contribution is 2.48. The molecule has 32 heavy (non-hydrogen) atoms. The van der Waals surface area contributed by atoms with Gasteiger partial charge in [0.15, 0.2) is 0 Å². The molecule has 8 heteroatoms. The molecule has 1 fully saturated rings. The Balaban J connectivity index is 1.64. The van der Waals surface area contributed by atoms with Crippen molar-refractivity contribution in [3.8, 4) is 0 Å². The number of rotatable bonds is 3. The number of nitrogens with zero attached hydrogens (tertiary/aromatic N) is 4. The number of fused-ring (bicyclic) bond motifs is 2. The first-order valence-electron chi connectivity index (χ1n) is 10.5. The Labute approximate surface area is 190 Å². The van der Waals surface area contributed by atoms with E-state index in [0.29, 0.717) is 5.56 Å². The van der Waals surface area contributed by atoms with E-state index in [9.17, 15) is 14.9 Å². The zero-order valence-electron chi connectivity index (χ0n) is 17.6. The Bertz CT molecular complexity index is 1160. The molecule has 0 aromatic heterocycles. The van der Waals surface area contributed by atoms with Crippen molar-refractivity contribution in [3.63, 3.8) is 0 Å². The van der Waals surface area contributed by atoms with Crippen molar-refractivity contribution >= 4 is 40.4 Å². The fraction of sp³-hybridized carbons (Fsp3) is 0.208. The molecular weight excluding hydrogens is 424 g/mol. The molecule has 2 aliphatic rings. The Morgan fingerprint density at radius 1 is 0.875 bits per heavy atom. The lowest BCUT2D eigenvalue weighted by Crippen LogP contribution is -2.45. The molecule has 5 rings (SSSR count). The van der Waals surface area contributed by atoms with Gasteiger partial charge in [-0.05, 0) is 37.4 Å². The molecule has 2 heterocycles. The van der Waals surface area contributed by atoms with Crippen LogP contribution in [0.3, 0.4) is 0 Å². The molecule has 0 spiro atoms. The van der Waals surface area contributed by atoms with Gasteiger partial charge in [-0.25, -0.2) is 0 Å². The number of para-hydroxylation sites is 2. The summed E-state index contributed by atoms with van der Waals surface area (Å²) in [5, 5.41) is 11.5. The van der Waals surface area contributed by atoms with Crippen LogP contribution in [0, 0.1) is 10.1 Å². The third-order valence-electron chi connectivity index (χ3n) is 5.90. The van der Waals surface area contributed by atoms with Gasteiger partial charge in [-0.15, -0.1) is 0 Å². The summed E-state index contributed by atoms with van der Waals surface area (Å²) < 4.78 is 0. The average Bonchev–Trinajstić information content (AvgIpc) is 2.82. The lowest BCUT2D eigenvalue weighted by molar-refractivity contribution is -0.384. The van der Waals surface area contributed by atoms with Crippen molar-refractivity contribution in [2.24, 2.45) is 0 Å². The van der Waals surface area contributed by atoms with Gasteiger partial charge in [-0.3, -0.25) is 19.8 Å². The van der Waals surface area contributed by atoms with Gasteiger partial charge >= 0.3 is 0 Å². The van der Waals surface area contributed by atoms with E-state index in [-0.39, 0.29) is 11.6 Å². The molecule has 0 atom stereocenters. The van der Waals surface area contributed by atoms with Crippen molar-refractivity contribution in [1.29, 1.82) is 0 Å². The number of hydrogen-bond acceptors (Lipinski definition) is 6. The molecule has 0 saturated carbocycles. The minimum atomic E-state index is -0.446. The number of likely N-dealkylation sites (N-methyl/N-ethyl adjacent to an activating group) is 1. The van der Waals surface area contributed by atoms with Gasteiger partial charge in [-0.2, -0.15) is 0 Å². The number of piperazine rings is 1. The van der Waals surface area contributed by atoms with Gasteiger partial charge in [0.05, 0.1) is 27.5 Å². The SMILES string of the molecule is CN1CCN(c2ccc([N+](=O)[O-])cc2C(=O)N2c3ccccc3Sc3ccccc32)CC1. The predicted molar refractivity (Wildman–Crippen MR) is 126 cm³/mol. The summed E-state index contributed by atoms with van der Waals surface area (Å²) in [6.45, 7) is 3.27. The van der Waals surface area contributed by atoms with E-state index in [1.165, 1.54) is 12.1 Å². The van der Waals surface area contributed by atoms with Gasteiger partial charge in [0, 0.05) is 48.1 Å². The van der Waals surface area contributed by atoms with Crippen LogP contribution in [0.15, 0.2) is 76.5 Å². The van der Waals surface area contributed by atoms with Gasteiger partial charge in [0.25, 0.3) is 11.6 Å². The smallest absolute Gasteiger partial charge is 0.270 e. The maximum Gasteiger partial charge on any atom is 0.270 e. The Morgan fingerprint density at radius 3 is 2.06 bits per heavy atom. The van der Waals surface area contributed by atoms with Crippen molar-refractivity contribution in [2.75, 3.05) is 43.0 Å². The fourth-order valence-corrected chi connectivity index (χ4v) is 5.23. The number of amides is 1. The van der Waals surface area contributed by atoms with Gasteiger partial charge in [0.1, 0.15) is 0 Å². The van der Waals surface area contributed by atoms with Gasteiger partial charge < -0.3 is 9.80 Å². The van der Waals surface area contributed by atoms with Crippen molar-refractivity contribution in [2.45, 2.75) is 9.79 Å². The molecule has 0 aliphatic carbocycles. The number of carbonyl (C=O) groups excluding carboxylic acids is 1. The molecule has 3 aromatic rings. The Morgan fingerprint density at radius 2 is 1.47 bits per heavy atom. The normalized spacial score (nSPS) is 15.8. The molecule has 0 bridgehead atoms. The molecule has 0 N–H and O–H groups in total. The number of nitro groups is 1. The molecule has 0 radical (unpaired) electrons. The number of benzene rings is 3. The van der Waals surface area contributed by atoms with Crippen LogP contribution in [0.1, 0.15) is 10.4 Å². The van der Waals surface area contributed by atoms with Crippen LogP contribution >= 0.6 is 11.8 Å².